The summed E-state index contributed by atoms with van der Waals surface area (Å²) in [5.74, 6) is 0.0484. The number of halogens is 1. The molecule has 0 bridgehead atoms. The summed E-state index contributed by atoms with van der Waals surface area (Å²) in [6.07, 6.45) is 0.398. The topological polar surface area (TPSA) is 46.3 Å². The van der Waals surface area contributed by atoms with Crippen LogP contribution in [0.1, 0.15) is 12.0 Å². The number of nitrogens with two attached hydrogens (primary N) is 1. The molecule has 0 radical (unpaired) electrons. The molecule has 80 valence electrons. The Morgan fingerprint density at radius 1 is 1.53 bits per heavy atom. The van der Waals surface area contributed by atoms with Gasteiger partial charge in [-0.1, -0.05) is 6.07 Å². The third-order valence-electron chi connectivity index (χ3n) is 2.55. The number of amides is 1. The molecule has 1 heterocycles. The highest BCUT2D eigenvalue weighted by Gasteiger charge is 2.30. The number of alkyl halides is 1. The molecular weight excluding hydrogens is 212 g/mol. The van der Waals surface area contributed by atoms with Crippen molar-refractivity contribution in [2.24, 2.45) is 0 Å². The van der Waals surface area contributed by atoms with Crippen LogP contribution in [0.5, 0.6) is 0 Å². The quantitative estimate of drug-likeness (QED) is 0.585. The van der Waals surface area contributed by atoms with Crippen molar-refractivity contribution < 1.29 is 4.79 Å². The molecule has 0 aromatic heterocycles. The first kappa shape index (κ1) is 10.3. The van der Waals surface area contributed by atoms with Gasteiger partial charge in [-0.25, -0.2) is 0 Å². The molecule has 1 aromatic carbocycles. The van der Waals surface area contributed by atoms with E-state index < -0.39 is 0 Å². The molecule has 0 saturated carbocycles. The van der Waals surface area contributed by atoms with Gasteiger partial charge in [0.1, 0.15) is 0 Å². The van der Waals surface area contributed by atoms with Gasteiger partial charge in [-0.05, 0) is 24.6 Å². The van der Waals surface area contributed by atoms with E-state index in [0.717, 1.165) is 11.3 Å². The molecule has 0 spiro atoms. The van der Waals surface area contributed by atoms with Crippen molar-refractivity contribution in [1.29, 1.82) is 0 Å². The molecular formula is C11H13ClN2O. The van der Waals surface area contributed by atoms with Gasteiger partial charge in [-0.15, -0.1) is 11.6 Å². The minimum atomic E-state index is -0.0996. The van der Waals surface area contributed by atoms with Gasteiger partial charge in [-0.2, -0.15) is 0 Å². The second-order valence-corrected chi connectivity index (χ2v) is 4.49. The van der Waals surface area contributed by atoms with E-state index in [1.807, 2.05) is 25.1 Å². The lowest BCUT2D eigenvalue weighted by molar-refractivity contribution is -0.117. The van der Waals surface area contributed by atoms with Crippen LogP contribution in [0, 0.1) is 6.92 Å². The molecule has 1 saturated heterocycles. The van der Waals surface area contributed by atoms with Crippen LogP contribution in [0.2, 0.25) is 0 Å². The molecule has 2 rings (SSSR count). The van der Waals surface area contributed by atoms with Crippen LogP contribution in [-0.4, -0.2) is 17.8 Å². The number of benzene rings is 1. The normalized spacial score (nSPS) is 21.1. The lowest BCUT2D eigenvalue weighted by Gasteiger charge is -2.18. The number of nitrogen functional groups attached to an aromatic ring is 1. The van der Waals surface area contributed by atoms with E-state index in [4.69, 9.17) is 17.3 Å². The molecule has 3 nitrogen and oxygen atoms in total. The van der Waals surface area contributed by atoms with Crippen molar-refractivity contribution in [2.45, 2.75) is 18.7 Å². The Bertz CT molecular complexity index is 406. The van der Waals surface area contributed by atoms with Gasteiger partial charge in [0.15, 0.2) is 0 Å². The number of anilines is 2. The van der Waals surface area contributed by atoms with E-state index >= 15 is 0 Å². The summed E-state index contributed by atoms with van der Waals surface area (Å²) in [6.45, 7) is 2.52. The van der Waals surface area contributed by atoms with Crippen molar-refractivity contribution in [2.75, 3.05) is 17.2 Å². The van der Waals surface area contributed by atoms with Crippen molar-refractivity contribution in [3.63, 3.8) is 0 Å². The minimum Gasteiger partial charge on any atom is -0.397 e. The minimum absolute atomic E-state index is 0.0484. The molecule has 1 unspecified atom stereocenters. The first-order chi connectivity index (χ1) is 7.08. The van der Waals surface area contributed by atoms with Crippen molar-refractivity contribution in [3.8, 4) is 0 Å². The lowest BCUT2D eigenvalue weighted by atomic mass is 10.2. The zero-order valence-corrected chi connectivity index (χ0v) is 9.29. The van der Waals surface area contributed by atoms with Crippen molar-refractivity contribution in [3.05, 3.63) is 23.8 Å². The van der Waals surface area contributed by atoms with E-state index in [-0.39, 0.29) is 11.3 Å². The van der Waals surface area contributed by atoms with Crippen LogP contribution >= 0.6 is 11.6 Å². The first-order valence-corrected chi connectivity index (χ1v) is 5.32. The van der Waals surface area contributed by atoms with Crippen molar-refractivity contribution >= 4 is 28.9 Å². The molecule has 2 N–H and O–H groups in total. The zero-order chi connectivity index (χ0) is 11.0. The SMILES string of the molecule is Cc1ccc(N)c(N2CC(Cl)CC2=O)c1. The average molecular weight is 225 g/mol. The second-order valence-electron chi connectivity index (χ2n) is 3.87. The summed E-state index contributed by atoms with van der Waals surface area (Å²) in [4.78, 5) is 13.3. The van der Waals surface area contributed by atoms with Gasteiger partial charge >= 0.3 is 0 Å². The second kappa shape index (κ2) is 3.74. The number of rotatable bonds is 1. The molecule has 1 aliphatic rings. The maximum absolute atomic E-state index is 11.6. The Balaban J connectivity index is 2.37. The highest BCUT2D eigenvalue weighted by Crippen LogP contribution is 2.29. The summed E-state index contributed by atoms with van der Waals surface area (Å²) in [7, 11) is 0. The number of carbonyl (C=O) groups is 1. The van der Waals surface area contributed by atoms with Gasteiger partial charge in [-0.3, -0.25) is 4.79 Å². The van der Waals surface area contributed by atoms with Gasteiger partial charge in [0.05, 0.1) is 16.8 Å². The maximum atomic E-state index is 11.6. The van der Waals surface area contributed by atoms with Crippen LogP contribution in [0.4, 0.5) is 11.4 Å². The van der Waals surface area contributed by atoms with E-state index in [1.165, 1.54) is 0 Å². The number of nitrogens with zero attached hydrogens (tertiary/aromatic N) is 1. The van der Waals surface area contributed by atoms with Gasteiger partial charge in [0.25, 0.3) is 0 Å². The summed E-state index contributed by atoms with van der Waals surface area (Å²) in [5, 5.41) is -0.0996. The number of carbonyl (C=O) groups excluding carboxylic acids is 1. The van der Waals surface area contributed by atoms with Crippen LogP contribution in [0.25, 0.3) is 0 Å². The summed E-state index contributed by atoms with van der Waals surface area (Å²) < 4.78 is 0. The van der Waals surface area contributed by atoms with Crippen LogP contribution < -0.4 is 10.6 Å². The standard InChI is InChI=1S/C11H13ClN2O/c1-7-2-3-9(13)10(4-7)14-6-8(12)5-11(14)15/h2-4,8H,5-6,13H2,1H3. The van der Waals surface area contributed by atoms with E-state index in [2.05, 4.69) is 0 Å². The Labute approximate surface area is 93.8 Å². The molecule has 1 amide bonds. The van der Waals surface area contributed by atoms with E-state index in [0.29, 0.717) is 18.7 Å². The van der Waals surface area contributed by atoms with E-state index in [9.17, 15) is 4.79 Å². The van der Waals surface area contributed by atoms with Crippen LogP contribution in [0.15, 0.2) is 18.2 Å². The first-order valence-electron chi connectivity index (χ1n) is 4.88. The van der Waals surface area contributed by atoms with E-state index in [1.54, 1.807) is 4.90 Å². The summed E-state index contributed by atoms with van der Waals surface area (Å²) in [6, 6.07) is 5.67. The monoisotopic (exact) mass is 224 g/mol. The highest BCUT2D eigenvalue weighted by molar-refractivity contribution is 6.24. The lowest BCUT2D eigenvalue weighted by Crippen LogP contribution is -2.25. The third-order valence-corrected chi connectivity index (χ3v) is 2.85. The number of hydrogen-bond acceptors (Lipinski definition) is 2. The fourth-order valence-electron chi connectivity index (χ4n) is 1.78. The summed E-state index contributed by atoms with van der Waals surface area (Å²) in [5.41, 5.74) is 8.33. The van der Waals surface area contributed by atoms with Crippen molar-refractivity contribution in [1.82, 2.24) is 0 Å². The fourth-order valence-corrected chi connectivity index (χ4v) is 2.05. The largest absolute Gasteiger partial charge is 0.397 e. The fraction of sp³-hybridized carbons (Fsp3) is 0.364. The molecule has 1 aromatic rings. The average Bonchev–Trinajstić information content (AvgIpc) is 2.50. The van der Waals surface area contributed by atoms with Crippen LogP contribution in [0.3, 0.4) is 0 Å². The van der Waals surface area contributed by atoms with Crippen LogP contribution in [-0.2, 0) is 4.79 Å². The van der Waals surface area contributed by atoms with Gasteiger partial charge in [0, 0.05) is 13.0 Å². The Morgan fingerprint density at radius 2 is 2.27 bits per heavy atom. The highest BCUT2D eigenvalue weighted by atomic mass is 35.5. The van der Waals surface area contributed by atoms with Gasteiger partial charge < -0.3 is 10.6 Å². The molecule has 15 heavy (non-hydrogen) atoms. The molecule has 1 fully saturated rings. The number of aryl methyl sites for hydroxylation is 1. The summed E-state index contributed by atoms with van der Waals surface area (Å²) >= 11 is 5.94. The molecule has 1 aliphatic heterocycles. The third kappa shape index (κ3) is 1.92. The maximum Gasteiger partial charge on any atom is 0.228 e. The Hall–Kier alpha value is -1.22. The predicted molar refractivity (Wildman–Crippen MR) is 62.2 cm³/mol. The predicted octanol–water partition coefficient (Wildman–Crippen LogP) is 1.92. The Morgan fingerprint density at radius 3 is 2.87 bits per heavy atom. The zero-order valence-electron chi connectivity index (χ0n) is 8.53. The van der Waals surface area contributed by atoms with Gasteiger partial charge in [0.2, 0.25) is 5.91 Å². The molecule has 1 atom stereocenters. The Kier molecular flexibility index (Phi) is 2.57. The molecule has 0 aliphatic carbocycles. The molecule has 4 heteroatoms. The number of hydrogen-bond donors (Lipinski definition) is 1. The smallest absolute Gasteiger partial charge is 0.228 e.